The van der Waals surface area contributed by atoms with Crippen molar-refractivity contribution in [3.8, 4) is 0 Å². The second-order valence-corrected chi connectivity index (χ2v) is 6.87. The molecule has 1 aromatic carbocycles. The summed E-state index contributed by atoms with van der Waals surface area (Å²) >= 11 is 6.05. The number of hydrogen-bond acceptors (Lipinski definition) is 5. The molecule has 25 heavy (non-hydrogen) atoms. The summed E-state index contributed by atoms with van der Waals surface area (Å²) in [6, 6.07) is 3.72. The number of hydrogen-bond donors (Lipinski definition) is 2. The summed E-state index contributed by atoms with van der Waals surface area (Å²) in [7, 11) is 1.96. The summed E-state index contributed by atoms with van der Waals surface area (Å²) in [5, 5.41) is 17.1. The van der Waals surface area contributed by atoms with Crippen LogP contribution >= 0.6 is 11.6 Å². The van der Waals surface area contributed by atoms with Gasteiger partial charge in [-0.3, -0.25) is 19.8 Å². The molecule has 1 fully saturated rings. The molecule has 1 atom stereocenters. The number of likely N-dealkylation sites (tertiary alicyclic amines) is 1. The predicted molar refractivity (Wildman–Crippen MR) is 99.0 cm³/mol. The van der Waals surface area contributed by atoms with Gasteiger partial charge in [0.25, 0.3) is 5.69 Å². The second-order valence-electron chi connectivity index (χ2n) is 6.46. The molecular weight excluding hydrogens is 344 g/mol. The Kier molecular flexibility index (Phi) is 7.16. The third-order valence-corrected chi connectivity index (χ3v) is 5.13. The Balaban J connectivity index is 1.93. The number of amides is 1. The minimum absolute atomic E-state index is 0.0994. The first-order chi connectivity index (χ1) is 11.9. The predicted octanol–water partition coefficient (Wildman–Crippen LogP) is 2.90. The monoisotopic (exact) mass is 368 g/mol. The highest BCUT2D eigenvalue weighted by Crippen LogP contribution is 2.27. The quantitative estimate of drug-likeness (QED) is 0.570. The molecule has 138 valence electrons. The molecule has 0 saturated carbocycles. The van der Waals surface area contributed by atoms with E-state index in [2.05, 4.69) is 15.5 Å². The van der Waals surface area contributed by atoms with Crippen LogP contribution in [0.1, 0.15) is 26.2 Å². The van der Waals surface area contributed by atoms with Crippen molar-refractivity contribution in [3.05, 3.63) is 33.3 Å². The largest absolute Gasteiger partial charge is 0.323 e. The van der Waals surface area contributed by atoms with Crippen LogP contribution in [0, 0.1) is 16.0 Å². The second kappa shape index (κ2) is 9.12. The first-order valence-corrected chi connectivity index (χ1v) is 8.93. The number of halogens is 1. The van der Waals surface area contributed by atoms with Gasteiger partial charge in [0.2, 0.25) is 5.91 Å². The van der Waals surface area contributed by atoms with Crippen LogP contribution in [-0.4, -0.2) is 48.5 Å². The third kappa shape index (κ3) is 5.39. The average Bonchev–Trinajstić information content (AvgIpc) is 2.61. The van der Waals surface area contributed by atoms with Gasteiger partial charge in [-0.05, 0) is 64.9 Å². The van der Waals surface area contributed by atoms with Gasteiger partial charge in [0.1, 0.15) is 0 Å². The Morgan fingerprint density at radius 3 is 2.72 bits per heavy atom. The van der Waals surface area contributed by atoms with Crippen molar-refractivity contribution in [1.29, 1.82) is 0 Å². The zero-order valence-electron chi connectivity index (χ0n) is 14.6. The highest BCUT2D eigenvalue weighted by molar-refractivity contribution is 6.33. The van der Waals surface area contributed by atoms with Crippen LogP contribution in [-0.2, 0) is 4.79 Å². The molecule has 8 heteroatoms. The van der Waals surface area contributed by atoms with Crippen molar-refractivity contribution < 1.29 is 9.72 Å². The number of benzene rings is 1. The van der Waals surface area contributed by atoms with Crippen molar-refractivity contribution in [2.75, 3.05) is 32.0 Å². The van der Waals surface area contributed by atoms with E-state index in [1.165, 1.54) is 18.2 Å². The standard InChI is InChI=1S/C17H25ClN4O3/c1-12(21-9-6-13(7-10-21)5-8-19-2)17(23)20-16-11-14(22(24)25)3-4-15(16)18/h3-4,11-13,19H,5-10H2,1-2H3,(H,20,23). The fraction of sp³-hybridized carbons (Fsp3) is 0.588. The Morgan fingerprint density at radius 2 is 2.12 bits per heavy atom. The molecule has 0 aliphatic carbocycles. The van der Waals surface area contributed by atoms with E-state index in [-0.39, 0.29) is 28.3 Å². The fourth-order valence-electron chi connectivity index (χ4n) is 3.10. The van der Waals surface area contributed by atoms with E-state index in [9.17, 15) is 14.9 Å². The molecular formula is C17H25ClN4O3. The van der Waals surface area contributed by atoms with Gasteiger partial charge in [-0.1, -0.05) is 11.6 Å². The lowest BCUT2D eigenvalue weighted by Gasteiger charge is -2.35. The molecule has 0 aromatic heterocycles. The molecule has 1 amide bonds. The maximum Gasteiger partial charge on any atom is 0.271 e. The van der Waals surface area contributed by atoms with Crippen LogP contribution in [0.3, 0.4) is 0 Å². The Morgan fingerprint density at radius 1 is 1.44 bits per heavy atom. The van der Waals surface area contributed by atoms with Gasteiger partial charge >= 0.3 is 0 Å². The molecule has 1 unspecified atom stereocenters. The van der Waals surface area contributed by atoms with E-state index in [1.54, 1.807) is 0 Å². The van der Waals surface area contributed by atoms with E-state index in [4.69, 9.17) is 11.6 Å². The number of anilines is 1. The molecule has 1 heterocycles. The first-order valence-electron chi connectivity index (χ1n) is 8.55. The summed E-state index contributed by atoms with van der Waals surface area (Å²) in [6.07, 6.45) is 3.32. The minimum atomic E-state index is -0.509. The number of carbonyl (C=O) groups excluding carboxylic acids is 1. The number of nitrogens with zero attached hydrogens (tertiary/aromatic N) is 2. The van der Waals surface area contributed by atoms with E-state index < -0.39 is 4.92 Å². The Labute approximate surface area is 152 Å². The van der Waals surface area contributed by atoms with Gasteiger partial charge in [0.05, 0.1) is 21.7 Å². The van der Waals surface area contributed by atoms with Crippen LogP contribution in [0.25, 0.3) is 0 Å². The van der Waals surface area contributed by atoms with Gasteiger partial charge in [-0.2, -0.15) is 0 Å². The summed E-state index contributed by atoms with van der Waals surface area (Å²) in [4.78, 5) is 25.0. The molecule has 1 aliphatic rings. The number of nitro groups is 1. The van der Waals surface area contributed by atoms with Gasteiger partial charge < -0.3 is 10.6 Å². The molecule has 0 spiro atoms. The lowest BCUT2D eigenvalue weighted by molar-refractivity contribution is -0.384. The molecule has 0 radical (unpaired) electrons. The van der Waals surface area contributed by atoms with E-state index >= 15 is 0 Å². The number of piperidine rings is 1. The number of rotatable bonds is 7. The summed E-state index contributed by atoms with van der Waals surface area (Å²) in [6.45, 7) is 4.64. The fourth-order valence-corrected chi connectivity index (χ4v) is 3.27. The molecule has 7 nitrogen and oxygen atoms in total. The van der Waals surface area contributed by atoms with E-state index in [1.807, 2.05) is 14.0 Å². The number of carbonyl (C=O) groups is 1. The number of nitrogens with one attached hydrogen (secondary N) is 2. The zero-order valence-corrected chi connectivity index (χ0v) is 15.4. The normalized spacial score (nSPS) is 17.2. The lowest BCUT2D eigenvalue weighted by Crippen LogP contribution is -2.46. The van der Waals surface area contributed by atoms with Crippen LogP contribution < -0.4 is 10.6 Å². The number of nitro benzene ring substituents is 1. The SMILES string of the molecule is CNCCC1CCN(C(C)C(=O)Nc2cc([N+](=O)[O-])ccc2Cl)CC1. The lowest BCUT2D eigenvalue weighted by atomic mass is 9.93. The molecule has 2 N–H and O–H groups in total. The minimum Gasteiger partial charge on any atom is -0.323 e. The highest BCUT2D eigenvalue weighted by atomic mass is 35.5. The highest BCUT2D eigenvalue weighted by Gasteiger charge is 2.27. The van der Waals surface area contributed by atoms with Crippen molar-refractivity contribution in [2.45, 2.75) is 32.2 Å². The van der Waals surface area contributed by atoms with Crippen molar-refractivity contribution >= 4 is 28.9 Å². The van der Waals surface area contributed by atoms with Crippen molar-refractivity contribution in [2.24, 2.45) is 5.92 Å². The van der Waals surface area contributed by atoms with Crippen LogP contribution in [0.2, 0.25) is 5.02 Å². The van der Waals surface area contributed by atoms with E-state index in [0.717, 1.165) is 38.9 Å². The first kappa shape index (κ1) is 19.6. The zero-order chi connectivity index (χ0) is 18.4. The van der Waals surface area contributed by atoms with Crippen molar-refractivity contribution in [1.82, 2.24) is 10.2 Å². The van der Waals surface area contributed by atoms with Gasteiger partial charge in [0.15, 0.2) is 0 Å². The summed E-state index contributed by atoms with van der Waals surface area (Å²) in [5.74, 6) is 0.501. The Hall–Kier alpha value is -1.70. The summed E-state index contributed by atoms with van der Waals surface area (Å²) in [5.41, 5.74) is 0.175. The van der Waals surface area contributed by atoms with Crippen LogP contribution in [0.4, 0.5) is 11.4 Å². The van der Waals surface area contributed by atoms with Gasteiger partial charge in [-0.25, -0.2) is 0 Å². The van der Waals surface area contributed by atoms with E-state index in [0.29, 0.717) is 5.92 Å². The maximum atomic E-state index is 12.5. The Bertz CT molecular complexity index is 618. The smallest absolute Gasteiger partial charge is 0.271 e. The van der Waals surface area contributed by atoms with Crippen molar-refractivity contribution in [3.63, 3.8) is 0 Å². The molecule has 2 rings (SSSR count). The van der Waals surface area contributed by atoms with Crippen LogP contribution in [0.5, 0.6) is 0 Å². The van der Waals surface area contributed by atoms with Gasteiger partial charge in [-0.15, -0.1) is 0 Å². The molecule has 1 aromatic rings. The summed E-state index contributed by atoms with van der Waals surface area (Å²) < 4.78 is 0. The average molecular weight is 369 g/mol. The molecule has 1 saturated heterocycles. The maximum absolute atomic E-state index is 12.5. The topological polar surface area (TPSA) is 87.5 Å². The van der Waals surface area contributed by atoms with Crippen LogP contribution in [0.15, 0.2) is 18.2 Å². The molecule has 1 aliphatic heterocycles. The van der Waals surface area contributed by atoms with Gasteiger partial charge in [0, 0.05) is 12.1 Å². The third-order valence-electron chi connectivity index (χ3n) is 4.80. The molecule has 0 bridgehead atoms. The number of non-ortho nitro benzene ring substituents is 1.